The van der Waals surface area contributed by atoms with Gasteiger partial charge in [0.1, 0.15) is 5.75 Å². The van der Waals surface area contributed by atoms with Crippen LogP contribution in [0.15, 0.2) is 18.2 Å². The summed E-state index contributed by atoms with van der Waals surface area (Å²) in [5, 5.41) is 3.96. The summed E-state index contributed by atoms with van der Waals surface area (Å²) in [4.78, 5) is 0. The molecular weight excluding hydrogens is 234 g/mol. The zero-order valence-corrected chi connectivity index (χ0v) is 10.7. The molecule has 1 heterocycles. The van der Waals surface area contributed by atoms with Crippen LogP contribution in [0.1, 0.15) is 24.0 Å². The quantitative estimate of drug-likeness (QED) is 0.831. The molecule has 1 saturated carbocycles. The summed E-state index contributed by atoms with van der Waals surface area (Å²) in [5.41, 5.74) is 2.77. The summed E-state index contributed by atoms with van der Waals surface area (Å²) in [6.07, 6.45) is 4.41. The minimum absolute atomic E-state index is 0.407. The lowest BCUT2D eigenvalue weighted by Crippen LogP contribution is -2.42. The second-order valence-corrected chi connectivity index (χ2v) is 5.63. The third kappa shape index (κ3) is 2.58. The summed E-state index contributed by atoms with van der Waals surface area (Å²) in [7, 11) is 0. The minimum Gasteiger partial charge on any atom is -0.493 e. The Morgan fingerprint density at radius 2 is 2.24 bits per heavy atom. The number of ether oxygens (including phenoxy) is 1. The van der Waals surface area contributed by atoms with Crippen LogP contribution in [-0.2, 0) is 12.8 Å². The van der Waals surface area contributed by atoms with E-state index in [1.54, 1.807) is 0 Å². The van der Waals surface area contributed by atoms with Crippen LogP contribution in [0.3, 0.4) is 0 Å². The molecule has 0 saturated heterocycles. The van der Waals surface area contributed by atoms with E-state index in [-0.39, 0.29) is 0 Å². The molecule has 0 aromatic heterocycles. The number of rotatable bonds is 4. The zero-order valence-electron chi connectivity index (χ0n) is 9.92. The first kappa shape index (κ1) is 11.4. The molecule has 1 fully saturated rings. The first-order chi connectivity index (χ1) is 8.31. The number of halogens is 1. The Morgan fingerprint density at radius 3 is 3.06 bits per heavy atom. The number of benzene rings is 1. The molecule has 1 aromatic carbocycles. The van der Waals surface area contributed by atoms with Gasteiger partial charge in [0.15, 0.2) is 0 Å². The molecule has 1 aliphatic carbocycles. The largest absolute Gasteiger partial charge is 0.493 e. The Morgan fingerprint density at radius 1 is 1.35 bits per heavy atom. The van der Waals surface area contributed by atoms with Crippen LogP contribution < -0.4 is 10.1 Å². The Labute approximate surface area is 107 Å². The fourth-order valence-electron chi connectivity index (χ4n) is 2.53. The van der Waals surface area contributed by atoms with Crippen LogP contribution in [0.5, 0.6) is 5.75 Å². The topological polar surface area (TPSA) is 21.3 Å². The molecular formula is C14H18ClNO. The lowest BCUT2D eigenvalue weighted by Gasteiger charge is -2.31. The molecule has 0 atom stereocenters. The van der Waals surface area contributed by atoms with Crippen molar-refractivity contribution in [2.45, 2.75) is 37.1 Å². The fourth-order valence-corrected chi connectivity index (χ4v) is 2.96. The molecule has 17 heavy (non-hydrogen) atoms. The lowest BCUT2D eigenvalue weighted by molar-refractivity contribution is 0.349. The minimum atomic E-state index is 0.407. The zero-order chi connectivity index (χ0) is 11.7. The summed E-state index contributed by atoms with van der Waals surface area (Å²) in [6.45, 7) is 1.89. The highest BCUT2D eigenvalue weighted by Crippen LogP contribution is 2.27. The maximum absolute atomic E-state index is 5.95. The first-order valence-corrected chi connectivity index (χ1v) is 6.87. The molecule has 0 radical (unpaired) electrons. The Kier molecular flexibility index (Phi) is 3.26. The fraction of sp³-hybridized carbons (Fsp3) is 0.571. The Hall–Kier alpha value is -0.730. The molecule has 2 aliphatic rings. The molecule has 0 unspecified atom stereocenters. The van der Waals surface area contributed by atoms with Gasteiger partial charge in [-0.3, -0.25) is 0 Å². The molecule has 3 heteroatoms. The highest BCUT2D eigenvalue weighted by atomic mass is 35.5. The van der Waals surface area contributed by atoms with Crippen molar-refractivity contribution in [2.24, 2.45) is 0 Å². The monoisotopic (exact) mass is 251 g/mol. The van der Waals surface area contributed by atoms with E-state index in [2.05, 4.69) is 23.5 Å². The van der Waals surface area contributed by atoms with E-state index >= 15 is 0 Å². The molecule has 1 N–H and O–H groups in total. The normalized spacial score (nSPS) is 26.2. The van der Waals surface area contributed by atoms with E-state index in [0.717, 1.165) is 44.6 Å². The predicted octanol–water partition coefficient (Wildman–Crippen LogP) is 2.52. The lowest BCUT2D eigenvalue weighted by atomic mass is 9.92. The third-order valence-corrected chi connectivity index (χ3v) is 4.04. The number of nitrogens with one attached hydrogen (secondary N) is 1. The van der Waals surface area contributed by atoms with Crippen LogP contribution >= 0.6 is 11.6 Å². The average molecular weight is 252 g/mol. The number of hydrogen-bond donors (Lipinski definition) is 1. The maximum atomic E-state index is 5.95. The third-order valence-electron chi connectivity index (χ3n) is 3.68. The van der Waals surface area contributed by atoms with Gasteiger partial charge in [0, 0.05) is 17.8 Å². The number of hydrogen-bond acceptors (Lipinski definition) is 2. The number of alkyl halides is 1. The van der Waals surface area contributed by atoms with Gasteiger partial charge in [-0.2, -0.15) is 0 Å². The average Bonchev–Trinajstić information content (AvgIpc) is 2.73. The van der Waals surface area contributed by atoms with Crippen molar-refractivity contribution in [1.29, 1.82) is 0 Å². The van der Waals surface area contributed by atoms with E-state index in [1.807, 2.05) is 0 Å². The highest BCUT2D eigenvalue weighted by molar-refractivity contribution is 6.21. The smallest absolute Gasteiger partial charge is 0.122 e. The van der Waals surface area contributed by atoms with E-state index in [4.69, 9.17) is 16.3 Å². The van der Waals surface area contributed by atoms with Crippen molar-refractivity contribution in [3.05, 3.63) is 29.3 Å². The molecule has 0 amide bonds. The van der Waals surface area contributed by atoms with Gasteiger partial charge in [0.05, 0.1) is 6.61 Å². The van der Waals surface area contributed by atoms with Crippen LogP contribution in [0.25, 0.3) is 0 Å². The van der Waals surface area contributed by atoms with Crippen molar-refractivity contribution in [3.63, 3.8) is 0 Å². The SMILES string of the molecule is ClC1CC(NCCc2ccc3c(c2)CCO3)C1. The van der Waals surface area contributed by atoms with Gasteiger partial charge in [0.2, 0.25) is 0 Å². The maximum Gasteiger partial charge on any atom is 0.122 e. The summed E-state index contributed by atoms with van der Waals surface area (Å²) in [6, 6.07) is 7.22. The predicted molar refractivity (Wildman–Crippen MR) is 70.0 cm³/mol. The molecule has 0 bridgehead atoms. The number of fused-ring (bicyclic) bond motifs is 1. The van der Waals surface area contributed by atoms with Crippen LogP contribution in [-0.4, -0.2) is 24.6 Å². The van der Waals surface area contributed by atoms with Crippen LogP contribution in [0.4, 0.5) is 0 Å². The van der Waals surface area contributed by atoms with Crippen molar-refractivity contribution < 1.29 is 4.74 Å². The summed E-state index contributed by atoms with van der Waals surface area (Å²) in [5.74, 6) is 1.07. The second kappa shape index (κ2) is 4.87. The molecule has 0 spiro atoms. The van der Waals surface area contributed by atoms with Gasteiger partial charge in [-0.15, -0.1) is 11.6 Å². The van der Waals surface area contributed by atoms with Crippen LogP contribution in [0.2, 0.25) is 0 Å². The first-order valence-electron chi connectivity index (χ1n) is 6.43. The summed E-state index contributed by atoms with van der Waals surface area (Å²) < 4.78 is 5.50. The molecule has 2 nitrogen and oxygen atoms in total. The van der Waals surface area contributed by atoms with Crippen molar-refractivity contribution in [2.75, 3.05) is 13.2 Å². The molecule has 3 rings (SSSR count). The second-order valence-electron chi connectivity index (χ2n) is 5.01. The standard InChI is InChI=1S/C14H18ClNO/c15-12-8-13(9-12)16-5-3-10-1-2-14-11(7-10)4-6-17-14/h1-2,7,12-13,16H,3-6,8-9H2. The molecule has 1 aliphatic heterocycles. The molecule has 92 valence electrons. The van der Waals surface area contributed by atoms with Gasteiger partial charge >= 0.3 is 0 Å². The van der Waals surface area contributed by atoms with Gasteiger partial charge in [-0.1, -0.05) is 12.1 Å². The van der Waals surface area contributed by atoms with Crippen molar-refractivity contribution >= 4 is 11.6 Å². The van der Waals surface area contributed by atoms with Gasteiger partial charge in [-0.05, 0) is 43.0 Å². The Bertz CT molecular complexity index is 401. The van der Waals surface area contributed by atoms with E-state index in [0.29, 0.717) is 11.4 Å². The highest BCUT2D eigenvalue weighted by Gasteiger charge is 2.26. The van der Waals surface area contributed by atoms with E-state index in [9.17, 15) is 0 Å². The summed E-state index contributed by atoms with van der Waals surface area (Å²) >= 11 is 5.95. The Balaban J connectivity index is 1.48. The van der Waals surface area contributed by atoms with Gasteiger partial charge in [0.25, 0.3) is 0 Å². The van der Waals surface area contributed by atoms with Crippen molar-refractivity contribution in [1.82, 2.24) is 5.32 Å². The van der Waals surface area contributed by atoms with Gasteiger partial charge < -0.3 is 10.1 Å². The van der Waals surface area contributed by atoms with Crippen molar-refractivity contribution in [3.8, 4) is 5.75 Å². The van der Waals surface area contributed by atoms with Crippen LogP contribution in [0, 0.1) is 0 Å². The van der Waals surface area contributed by atoms with E-state index < -0.39 is 0 Å². The van der Waals surface area contributed by atoms with Gasteiger partial charge in [-0.25, -0.2) is 0 Å². The van der Waals surface area contributed by atoms with E-state index in [1.165, 1.54) is 11.1 Å². The molecule has 1 aromatic rings.